The number of thiocarbonyl (C=S) groups is 1. The number of hydrogen-bond acceptors (Lipinski definition) is 5. The van der Waals surface area contributed by atoms with E-state index in [1.807, 2.05) is 26.0 Å². The number of nitrogens with zero attached hydrogens (tertiary/aromatic N) is 1. The van der Waals surface area contributed by atoms with E-state index in [-0.39, 0.29) is 10.7 Å². The van der Waals surface area contributed by atoms with Crippen molar-refractivity contribution in [3.8, 4) is 11.5 Å². The maximum Gasteiger partial charge on any atom is 0.270 e. The fourth-order valence-corrected chi connectivity index (χ4v) is 3.72. The minimum absolute atomic E-state index is 0.0303. The van der Waals surface area contributed by atoms with E-state index < -0.39 is 11.8 Å². The molecule has 1 aliphatic heterocycles. The molecule has 0 bridgehead atoms. The Hall–Kier alpha value is -2.71. The lowest BCUT2D eigenvalue weighted by atomic mass is 10.1. The van der Waals surface area contributed by atoms with Crippen LogP contribution >= 0.6 is 28.1 Å². The number of aryl methyl sites for hydroxylation is 1. The van der Waals surface area contributed by atoms with Crippen LogP contribution in [-0.2, 0) is 9.59 Å². The van der Waals surface area contributed by atoms with Crippen LogP contribution in [0, 0.1) is 6.92 Å². The third-order valence-electron chi connectivity index (χ3n) is 4.25. The lowest BCUT2D eigenvalue weighted by molar-refractivity contribution is -0.122. The molecule has 1 saturated heterocycles. The molecule has 2 amide bonds. The molecular formula is C21H19BrN2O4S. The molecule has 1 aliphatic rings. The number of rotatable bonds is 5. The molecule has 3 rings (SSSR count). The second kappa shape index (κ2) is 8.75. The first-order valence-corrected chi connectivity index (χ1v) is 10.0. The van der Waals surface area contributed by atoms with Crippen LogP contribution in [0.5, 0.6) is 11.5 Å². The first-order chi connectivity index (χ1) is 13.8. The van der Waals surface area contributed by atoms with Gasteiger partial charge in [-0.3, -0.25) is 19.8 Å². The normalized spacial score (nSPS) is 15.5. The highest BCUT2D eigenvalue weighted by Crippen LogP contribution is 2.37. The maximum absolute atomic E-state index is 13.1. The number of benzene rings is 2. The molecule has 1 fully saturated rings. The van der Waals surface area contributed by atoms with Gasteiger partial charge in [0, 0.05) is 0 Å². The molecule has 0 radical (unpaired) electrons. The monoisotopic (exact) mass is 474 g/mol. The average Bonchev–Trinajstić information content (AvgIpc) is 2.68. The highest BCUT2D eigenvalue weighted by molar-refractivity contribution is 9.10. The summed E-state index contributed by atoms with van der Waals surface area (Å²) in [7, 11) is 1.53. The largest absolute Gasteiger partial charge is 0.493 e. The molecule has 0 aromatic heterocycles. The molecule has 8 heteroatoms. The molecule has 6 nitrogen and oxygen atoms in total. The van der Waals surface area contributed by atoms with E-state index in [0.717, 1.165) is 5.56 Å². The molecule has 1 N–H and O–H groups in total. The summed E-state index contributed by atoms with van der Waals surface area (Å²) in [6, 6.07) is 10.8. The van der Waals surface area contributed by atoms with Gasteiger partial charge >= 0.3 is 0 Å². The van der Waals surface area contributed by atoms with Crippen LogP contribution in [0.25, 0.3) is 6.08 Å². The fourth-order valence-electron chi connectivity index (χ4n) is 2.86. The molecular weight excluding hydrogens is 456 g/mol. The minimum atomic E-state index is -0.549. The van der Waals surface area contributed by atoms with Crippen molar-refractivity contribution in [3.63, 3.8) is 0 Å². The molecule has 0 aliphatic carbocycles. The molecule has 150 valence electrons. The summed E-state index contributed by atoms with van der Waals surface area (Å²) in [4.78, 5) is 26.9. The zero-order valence-electron chi connectivity index (χ0n) is 16.1. The Labute approximate surface area is 182 Å². The smallest absolute Gasteiger partial charge is 0.270 e. The topological polar surface area (TPSA) is 67.9 Å². The summed E-state index contributed by atoms with van der Waals surface area (Å²) in [5.41, 5.74) is 2.21. The lowest BCUT2D eigenvalue weighted by Gasteiger charge is -2.29. The van der Waals surface area contributed by atoms with Gasteiger partial charge < -0.3 is 9.47 Å². The van der Waals surface area contributed by atoms with Crippen molar-refractivity contribution in [1.29, 1.82) is 0 Å². The van der Waals surface area contributed by atoms with Crippen molar-refractivity contribution in [2.45, 2.75) is 13.8 Å². The molecule has 2 aromatic rings. The SMILES string of the molecule is CCOc1c(Br)cc(/C=C2\C(=O)NC(=S)N(c3ccc(C)cc3)C2=O)cc1OC. The first kappa shape index (κ1) is 21.0. The predicted octanol–water partition coefficient (Wildman–Crippen LogP) is 4.00. The fraction of sp³-hybridized carbons (Fsp3) is 0.190. The summed E-state index contributed by atoms with van der Waals surface area (Å²) in [5, 5.41) is 2.63. The molecule has 0 saturated carbocycles. The van der Waals surface area contributed by atoms with Gasteiger partial charge in [-0.2, -0.15) is 0 Å². The molecule has 2 aromatic carbocycles. The number of carbonyl (C=O) groups is 2. The van der Waals surface area contributed by atoms with E-state index in [9.17, 15) is 9.59 Å². The Balaban J connectivity index is 2.02. The average molecular weight is 475 g/mol. The standard InChI is InChI=1S/C21H19BrN2O4S/c1-4-28-18-16(22)10-13(11-17(18)27-3)9-15-19(25)23-21(29)24(20(15)26)14-7-5-12(2)6-8-14/h5-11H,4H2,1-3H3,(H,23,25,29)/b15-9+. The van der Waals surface area contributed by atoms with Crippen molar-refractivity contribution in [3.05, 3.63) is 57.6 Å². The van der Waals surface area contributed by atoms with Gasteiger partial charge in [0.2, 0.25) is 0 Å². The van der Waals surface area contributed by atoms with Crippen molar-refractivity contribution in [1.82, 2.24) is 5.32 Å². The van der Waals surface area contributed by atoms with Gasteiger partial charge in [-0.05, 0) is 77.9 Å². The molecule has 29 heavy (non-hydrogen) atoms. The molecule has 0 atom stereocenters. The predicted molar refractivity (Wildman–Crippen MR) is 119 cm³/mol. The van der Waals surface area contributed by atoms with Crippen LogP contribution in [0.1, 0.15) is 18.1 Å². The molecule has 0 unspecified atom stereocenters. The Morgan fingerprint density at radius 2 is 1.90 bits per heavy atom. The van der Waals surface area contributed by atoms with Crippen molar-refractivity contribution < 1.29 is 19.1 Å². The van der Waals surface area contributed by atoms with Gasteiger partial charge in [-0.25, -0.2) is 0 Å². The summed E-state index contributed by atoms with van der Waals surface area (Å²) in [6.45, 7) is 4.29. The molecule has 1 heterocycles. The Bertz CT molecular complexity index is 1020. The Morgan fingerprint density at radius 3 is 2.52 bits per heavy atom. The zero-order valence-corrected chi connectivity index (χ0v) is 18.5. The summed E-state index contributed by atoms with van der Waals surface area (Å²) in [5.74, 6) is 0.000554. The quantitative estimate of drug-likeness (QED) is 0.403. The molecule has 0 spiro atoms. The van der Waals surface area contributed by atoms with Crippen LogP contribution in [0.3, 0.4) is 0 Å². The highest BCUT2D eigenvalue weighted by atomic mass is 79.9. The van der Waals surface area contributed by atoms with Gasteiger partial charge in [-0.1, -0.05) is 17.7 Å². The zero-order chi connectivity index (χ0) is 21.1. The second-order valence-corrected chi connectivity index (χ2v) is 7.50. The van der Waals surface area contributed by atoms with E-state index in [2.05, 4.69) is 21.2 Å². The summed E-state index contributed by atoms with van der Waals surface area (Å²) < 4.78 is 11.6. The van der Waals surface area contributed by atoms with Crippen LogP contribution in [0.2, 0.25) is 0 Å². The Morgan fingerprint density at radius 1 is 1.21 bits per heavy atom. The number of anilines is 1. The van der Waals surface area contributed by atoms with Gasteiger partial charge in [0.05, 0.1) is 23.9 Å². The van der Waals surface area contributed by atoms with E-state index >= 15 is 0 Å². The number of methoxy groups -OCH3 is 1. The van der Waals surface area contributed by atoms with Crippen LogP contribution in [0.4, 0.5) is 5.69 Å². The Kier molecular flexibility index (Phi) is 6.34. The highest BCUT2D eigenvalue weighted by Gasteiger charge is 2.34. The first-order valence-electron chi connectivity index (χ1n) is 8.84. The number of amides is 2. The summed E-state index contributed by atoms with van der Waals surface area (Å²) in [6.07, 6.45) is 1.50. The van der Waals surface area contributed by atoms with Crippen molar-refractivity contribution in [2.24, 2.45) is 0 Å². The van der Waals surface area contributed by atoms with Crippen LogP contribution < -0.4 is 19.7 Å². The lowest BCUT2D eigenvalue weighted by Crippen LogP contribution is -2.54. The third-order valence-corrected chi connectivity index (χ3v) is 5.12. The number of hydrogen-bond donors (Lipinski definition) is 1. The maximum atomic E-state index is 13.1. The van der Waals surface area contributed by atoms with Gasteiger partial charge in [0.15, 0.2) is 16.6 Å². The van der Waals surface area contributed by atoms with Crippen molar-refractivity contribution in [2.75, 3.05) is 18.6 Å². The van der Waals surface area contributed by atoms with E-state index in [1.54, 1.807) is 24.3 Å². The van der Waals surface area contributed by atoms with Crippen LogP contribution in [0.15, 0.2) is 46.4 Å². The number of ether oxygens (including phenoxy) is 2. The van der Waals surface area contributed by atoms with Gasteiger partial charge in [-0.15, -0.1) is 0 Å². The van der Waals surface area contributed by atoms with Crippen molar-refractivity contribution >= 4 is 56.8 Å². The van der Waals surface area contributed by atoms with E-state index in [0.29, 0.717) is 33.8 Å². The van der Waals surface area contributed by atoms with E-state index in [4.69, 9.17) is 21.7 Å². The third kappa shape index (κ3) is 4.33. The number of nitrogens with one attached hydrogen (secondary N) is 1. The van der Waals surface area contributed by atoms with Gasteiger partial charge in [0.25, 0.3) is 11.8 Å². The van der Waals surface area contributed by atoms with Crippen LogP contribution in [-0.4, -0.2) is 30.6 Å². The summed E-state index contributed by atoms with van der Waals surface area (Å²) >= 11 is 8.67. The number of carbonyl (C=O) groups excluding carboxylic acids is 2. The minimum Gasteiger partial charge on any atom is -0.493 e. The van der Waals surface area contributed by atoms with E-state index in [1.165, 1.54) is 18.1 Å². The second-order valence-electron chi connectivity index (χ2n) is 6.26. The number of halogens is 1. The van der Waals surface area contributed by atoms with Gasteiger partial charge in [0.1, 0.15) is 5.57 Å².